The van der Waals surface area contributed by atoms with Crippen molar-refractivity contribution in [2.75, 3.05) is 5.75 Å². The minimum absolute atomic E-state index is 0.172. The van der Waals surface area contributed by atoms with Gasteiger partial charge in [0.2, 0.25) is 0 Å². The highest BCUT2D eigenvalue weighted by Gasteiger charge is 2.28. The summed E-state index contributed by atoms with van der Waals surface area (Å²) in [5.74, 6) is 6.91. The summed E-state index contributed by atoms with van der Waals surface area (Å²) in [7, 11) is 0. The second-order valence-electron chi connectivity index (χ2n) is 7.05. The predicted octanol–water partition coefficient (Wildman–Crippen LogP) is 3.84. The molecule has 3 rings (SSSR count). The maximum atomic E-state index is 10.7. The lowest BCUT2D eigenvalue weighted by molar-refractivity contribution is -0.136. The number of carboxylic acid groups (broad SMARTS) is 1. The number of hydrogen-bond donors (Lipinski definition) is 1. The van der Waals surface area contributed by atoms with Crippen molar-refractivity contribution in [2.24, 2.45) is 0 Å². The van der Waals surface area contributed by atoms with Gasteiger partial charge in [-0.25, -0.2) is 9.97 Å². The lowest BCUT2D eigenvalue weighted by atomic mass is 9.80. The van der Waals surface area contributed by atoms with E-state index in [2.05, 4.69) is 54.7 Å². The third-order valence-corrected chi connectivity index (χ3v) is 5.71. The molecule has 0 aliphatic carbocycles. The number of aryl methyl sites for hydroxylation is 1. The lowest BCUT2D eigenvalue weighted by Crippen LogP contribution is -2.23. The zero-order valence-corrected chi connectivity index (χ0v) is 16.1. The van der Waals surface area contributed by atoms with Crippen LogP contribution in [0.2, 0.25) is 0 Å². The van der Waals surface area contributed by atoms with Gasteiger partial charge in [-0.15, -0.1) is 11.8 Å². The number of benzene rings is 1. The van der Waals surface area contributed by atoms with Gasteiger partial charge in [0.15, 0.2) is 0 Å². The largest absolute Gasteiger partial charge is 0.481 e. The Kier molecular flexibility index (Phi) is 5.33. The predicted molar refractivity (Wildman–Crippen MR) is 104 cm³/mol. The molecule has 0 bridgehead atoms. The van der Waals surface area contributed by atoms with Gasteiger partial charge in [0, 0.05) is 22.9 Å². The van der Waals surface area contributed by atoms with Crippen LogP contribution in [-0.4, -0.2) is 26.8 Å². The standard InChI is InChI=1S/C21H22N2O2S/c1-4-15-10-18-17(21(2,3)7-8-26-18)9-16(15)6-5-14-12-22-19(23-13-14)11-20(24)25/h9-10,12-13H,4,7-8,11H2,1-3H3,(H,24,25). The number of aliphatic carboxylic acids is 1. The van der Waals surface area contributed by atoms with Crippen LogP contribution >= 0.6 is 11.8 Å². The van der Waals surface area contributed by atoms with Crippen LogP contribution in [0.15, 0.2) is 29.4 Å². The number of hydrogen-bond acceptors (Lipinski definition) is 4. The van der Waals surface area contributed by atoms with Crippen molar-refractivity contribution in [3.8, 4) is 11.8 Å². The Hall–Kier alpha value is -2.32. The Balaban J connectivity index is 1.93. The summed E-state index contributed by atoms with van der Waals surface area (Å²) in [5.41, 5.74) is 4.54. The average molecular weight is 366 g/mol. The van der Waals surface area contributed by atoms with Crippen LogP contribution in [0.5, 0.6) is 0 Å². The maximum absolute atomic E-state index is 10.7. The summed E-state index contributed by atoms with van der Waals surface area (Å²) in [4.78, 5) is 20.2. The molecule has 0 saturated heterocycles. The van der Waals surface area contributed by atoms with Crippen molar-refractivity contribution in [3.05, 3.63) is 52.6 Å². The number of carboxylic acids is 1. The molecule has 0 fully saturated rings. The molecule has 0 atom stereocenters. The van der Waals surface area contributed by atoms with Crippen molar-refractivity contribution in [1.82, 2.24) is 9.97 Å². The summed E-state index contributed by atoms with van der Waals surface area (Å²) in [5, 5.41) is 8.78. The molecule has 1 aliphatic heterocycles. The number of aromatic nitrogens is 2. The Bertz CT molecular complexity index is 893. The van der Waals surface area contributed by atoms with Crippen LogP contribution in [-0.2, 0) is 23.1 Å². The summed E-state index contributed by atoms with van der Waals surface area (Å²) < 4.78 is 0. The van der Waals surface area contributed by atoms with E-state index in [1.165, 1.54) is 22.4 Å². The number of nitrogens with zero attached hydrogens (tertiary/aromatic N) is 2. The summed E-state index contributed by atoms with van der Waals surface area (Å²) >= 11 is 1.93. The van der Waals surface area contributed by atoms with Crippen LogP contribution in [0.1, 0.15) is 55.3 Å². The van der Waals surface area contributed by atoms with E-state index in [1.807, 2.05) is 11.8 Å². The van der Waals surface area contributed by atoms with Gasteiger partial charge in [0.05, 0.1) is 5.56 Å². The Labute approximate surface area is 158 Å². The Morgan fingerprint density at radius 1 is 1.27 bits per heavy atom. The fourth-order valence-corrected chi connectivity index (χ4v) is 4.56. The molecule has 134 valence electrons. The van der Waals surface area contributed by atoms with Crippen molar-refractivity contribution < 1.29 is 9.90 Å². The normalized spacial score (nSPS) is 14.9. The first-order chi connectivity index (χ1) is 12.4. The molecule has 1 aliphatic rings. The van der Waals surface area contributed by atoms with Gasteiger partial charge in [-0.1, -0.05) is 32.6 Å². The van der Waals surface area contributed by atoms with E-state index >= 15 is 0 Å². The van der Waals surface area contributed by atoms with Crippen molar-refractivity contribution in [2.45, 2.75) is 50.3 Å². The third kappa shape index (κ3) is 4.08. The van der Waals surface area contributed by atoms with Crippen LogP contribution in [0.4, 0.5) is 0 Å². The van der Waals surface area contributed by atoms with Gasteiger partial charge < -0.3 is 5.11 Å². The molecule has 0 saturated carbocycles. The molecule has 5 heteroatoms. The van der Waals surface area contributed by atoms with Crippen LogP contribution < -0.4 is 0 Å². The fourth-order valence-electron chi connectivity index (χ4n) is 3.02. The summed E-state index contributed by atoms with van der Waals surface area (Å²) in [6, 6.07) is 4.53. The van der Waals surface area contributed by atoms with Crippen molar-refractivity contribution >= 4 is 17.7 Å². The van der Waals surface area contributed by atoms with E-state index in [1.54, 1.807) is 12.4 Å². The molecule has 0 radical (unpaired) electrons. The Morgan fingerprint density at radius 2 is 2.00 bits per heavy atom. The quantitative estimate of drug-likeness (QED) is 0.836. The van der Waals surface area contributed by atoms with Crippen molar-refractivity contribution in [1.29, 1.82) is 0 Å². The highest BCUT2D eigenvalue weighted by molar-refractivity contribution is 7.99. The van der Waals surface area contributed by atoms with E-state index in [0.717, 1.165) is 17.7 Å². The molecule has 0 spiro atoms. The zero-order chi connectivity index (χ0) is 18.7. The van der Waals surface area contributed by atoms with E-state index in [9.17, 15) is 4.79 Å². The lowest BCUT2D eigenvalue weighted by Gasteiger charge is -2.32. The molecule has 1 aromatic heterocycles. The maximum Gasteiger partial charge on any atom is 0.311 e. The molecular formula is C21H22N2O2S. The van der Waals surface area contributed by atoms with Gasteiger partial charge in [0.25, 0.3) is 0 Å². The van der Waals surface area contributed by atoms with E-state index in [4.69, 9.17) is 5.11 Å². The van der Waals surface area contributed by atoms with Gasteiger partial charge in [-0.05, 0) is 47.3 Å². The van der Waals surface area contributed by atoms with E-state index in [-0.39, 0.29) is 11.8 Å². The van der Waals surface area contributed by atoms with Gasteiger partial charge in [-0.2, -0.15) is 0 Å². The summed E-state index contributed by atoms with van der Waals surface area (Å²) in [6.45, 7) is 6.74. The third-order valence-electron chi connectivity index (χ3n) is 4.66. The monoisotopic (exact) mass is 366 g/mol. The number of rotatable bonds is 3. The first kappa shape index (κ1) is 18.5. The highest BCUT2D eigenvalue weighted by atomic mass is 32.2. The first-order valence-electron chi connectivity index (χ1n) is 8.74. The second kappa shape index (κ2) is 7.51. The molecule has 2 heterocycles. The highest BCUT2D eigenvalue weighted by Crippen LogP contribution is 2.42. The van der Waals surface area contributed by atoms with Crippen LogP contribution in [0.25, 0.3) is 0 Å². The molecule has 2 aromatic rings. The minimum atomic E-state index is -0.939. The molecule has 1 N–H and O–H groups in total. The molecule has 0 unspecified atom stereocenters. The van der Waals surface area contributed by atoms with Crippen molar-refractivity contribution in [3.63, 3.8) is 0 Å². The topological polar surface area (TPSA) is 63.1 Å². The number of fused-ring (bicyclic) bond motifs is 1. The molecule has 0 amide bonds. The van der Waals surface area contributed by atoms with E-state index < -0.39 is 5.97 Å². The van der Waals surface area contributed by atoms with Crippen LogP contribution in [0, 0.1) is 11.8 Å². The van der Waals surface area contributed by atoms with Gasteiger partial charge in [-0.3, -0.25) is 4.79 Å². The average Bonchev–Trinajstić information content (AvgIpc) is 2.60. The molecule has 1 aromatic carbocycles. The number of thioether (sulfide) groups is 1. The summed E-state index contributed by atoms with van der Waals surface area (Å²) in [6.07, 6.45) is 5.10. The smallest absolute Gasteiger partial charge is 0.311 e. The second-order valence-corrected chi connectivity index (χ2v) is 8.19. The SMILES string of the molecule is CCc1cc2c(cc1C#Cc1cnc(CC(=O)O)nc1)C(C)(C)CCS2. The minimum Gasteiger partial charge on any atom is -0.481 e. The first-order valence-corrected chi connectivity index (χ1v) is 9.72. The molecular weight excluding hydrogens is 344 g/mol. The van der Waals surface area contributed by atoms with Gasteiger partial charge in [0.1, 0.15) is 12.2 Å². The van der Waals surface area contributed by atoms with Crippen LogP contribution in [0.3, 0.4) is 0 Å². The molecule has 26 heavy (non-hydrogen) atoms. The van der Waals surface area contributed by atoms with Gasteiger partial charge >= 0.3 is 5.97 Å². The fraction of sp³-hybridized carbons (Fsp3) is 0.381. The van der Waals surface area contributed by atoms with E-state index in [0.29, 0.717) is 11.4 Å². The zero-order valence-electron chi connectivity index (χ0n) is 15.3. The Morgan fingerprint density at radius 3 is 2.65 bits per heavy atom. The number of carbonyl (C=O) groups is 1. The molecule has 4 nitrogen and oxygen atoms in total.